The zero-order chi connectivity index (χ0) is 14.1. The van der Waals surface area contributed by atoms with Crippen molar-refractivity contribution < 1.29 is 9.53 Å². The van der Waals surface area contributed by atoms with E-state index >= 15 is 0 Å². The van der Waals surface area contributed by atoms with Crippen LogP contribution < -0.4 is 5.32 Å². The fourth-order valence-corrected chi connectivity index (χ4v) is 2.14. The number of methoxy groups -OCH3 is 1. The molecule has 0 heterocycles. The summed E-state index contributed by atoms with van der Waals surface area (Å²) in [5.74, 6) is -0.225. The highest BCUT2D eigenvalue weighted by molar-refractivity contribution is 6.30. The second-order valence-corrected chi connectivity index (χ2v) is 5.02. The molecule has 106 valence electrons. The predicted octanol–water partition coefficient (Wildman–Crippen LogP) is 4.26. The topological polar surface area (TPSA) is 38.3 Å². The molecule has 19 heavy (non-hydrogen) atoms. The number of rotatable bonds is 8. The van der Waals surface area contributed by atoms with Gasteiger partial charge >= 0.3 is 5.97 Å². The molecule has 0 bridgehead atoms. The number of esters is 1. The zero-order valence-corrected chi connectivity index (χ0v) is 12.4. The standard InChI is InChI=1S/C15H22ClNO2/c1-3-4-5-6-10-14(15(18)19-2)17-13-9-7-8-12(16)11-13/h7-9,11,14,17H,3-6,10H2,1-2H3. The smallest absolute Gasteiger partial charge is 0.328 e. The van der Waals surface area contributed by atoms with Crippen molar-refractivity contribution in [1.29, 1.82) is 0 Å². The molecule has 0 radical (unpaired) electrons. The van der Waals surface area contributed by atoms with Gasteiger partial charge in [-0.1, -0.05) is 50.3 Å². The molecule has 0 amide bonds. The van der Waals surface area contributed by atoms with Gasteiger partial charge in [-0.15, -0.1) is 0 Å². The molecular formula is C15H22ClNO2. The van der Waals surface area contributed by atoms with Gasteiger partial charge in [0.15, 0.2) is 0 Å². The van der Waals surface area contributed by atoms with Crippen LogP contribution in [0.1, 0.15) is 39.0 Å². The van der Waals surface area contributed by atoms with Crippen LogP contribution in [0.25, 0.3) is 0 Å². The van der Waals surface area contributed by atoms with Crippen LogP contribution in [0.15, 0.2) is 24.3 Å². The maximum absolute atomic E-state index is 11.7. The van der Waals surface area contributed by atoms with Crippen molar-refractivity contribution in [3.8, 4) is 0 Å². The summed E-state index contributed by atoms with van der Waals surface area (Å²) in [5, 5.41) is 3.84. The van der Waals surface area contributed by atoms with Crippen molar-refractivity contribution in [2.24, 2.45) is 0 Å². The van der Waals surface area contributed by atoms with Gasteiger partial charge in [0.2, 0.25) is 0 Å². The van der Waals surface area contributed by atoms with E-state index < -0.39 is 0 Å². The first-order chi connectivity index (χ1) is 9.17. The van der Waals surface area contributed by atoms with E-state index in [0.717, 1.165) is 24.9 Å². The molecule has 0 saturated carbocycles. The minimum Gasteiger partial charge on any atom is -0.467 e. The molecule has 1 aromatic rings. The van der Waals surface area contributed by atoms with E-state index in [-0.39, 0.29) is 12.0 Å². The monoisotopic (exact) mass is 283 g/mol. The Labute approximate surface area is 120 Å². The Morgan fingerprint density at radius 2 is 2.16 bits per heavy atom. The summed E-state index contributed by atoms with van der Waals surface area (Å²) in [6.07, 6.45) is 5.32. The molecule has 0 aliphatic heterocycles. The third-order valence-electron chi connectivity index (χ3n) is 3.00. The number of unbranched alkanes of at least 4 members (excludes halogenated alkanes) is 3. The van der Waals surface area contributed by atoms with Crippen molar-refractivity contribution in [3.05, 3.63) is 29.3 Å². The number of anilines is 1. The molecule has 1 rings (SSSR count). The molecular weight excluding hydrogens is 262 g/mol. The largest absolute Gasteiger partial charge is 0.467 e. The molecule has 4 heteroatoms. The SMILES string of the molecule is CCCCCCC(Nc1cccc(Cl)c1)C(=O)OC. The summed E-state index contributed by atoms with van der Waals surface area (Å²) in [6.45, 7) is 2.17. The summed E-state index contributed by atoms with van der Waals surface area (Å²) in [5.41, 5.74) is 0.846. The van der Waals surface area contributed by atoms with Gasteiger partial charge in [-0.2, -0.15) is 0 Å². The van der Waals surface area contributed by atoms with E-state index in [1.165, 1.54) is 20.0 Å². The number of hydrogen-bond donors (Lipinski definition) is 1. The van der Waals surface area contributed by atoms with E-state index in [4.69, 9.17) is 16.3 Å². The van der Waals surface area contributed by atoms with Crippen LogP contribution in [-0.4, -0.2) is 19.1 Å². The summed E-state index contributed by atoms with van der Waals surface area (Å²) in [4.78, 5) is 11.7. The van der Waals surface area contributed by atoms with Crippen LogP contribution in [0.2, 0.25) is 5.02 Å². The molecule has 1 unspecified atom stereocenters. The van der Waals surface area contributed by atoms with Crippen molar-refractivity contribution >= 4 is 23.3 Å². The van der Waals surface area contributed by atoms with Gasteiger partial charge in [0.25, 0.3) is 0 Å². The first kappa shape index (κ1) is 15.8. The second kappa shape index (κ2) is 8.81. The van der Waals surface area contributed by atoms with E-state index in [1.807, 2.05) is 18.2 Å². The van der Waals surface area contributed by atoms with Gasteiger partial charge in [-0.3, -0.25) is 0 Å². The van der Waals surface area contributed by atoms with Crippen LogP contribution in [0.5, 0.6) is 0 Å². The van der Waals surface area contributed by atoms with Crippen LogP contribution in [0, 0.1) is 0 Å². The molecule has 0 aromatic heterocycles. The van der Waals surface area contributed by atoms with Gasteiger partial charge in [-0.05, 0) is 24.6 Å². The van der Waals surface area contributed by atoms with Gasteiger partial charge in [0.1, 0.15) is 6.04 Å². The first-order valence-electron chi connectivity index (χ1n) is 6.77. The molecule has 0 aliphatic carbocycles. The predicted molar refractivity (Wildman–Crippen MR) is 79.6 cm³/mol. The third-order valence-corrected chi connectivity index (χ3v) is 3.23. The van der Waals surface area contributed by atoms with Gasteiger partial charge in [-0.25, -0.2) is 4.79 Å². The lowest BCUT2D eigenvalue weighted by Crippen LogP contribution is -2.30. The minimum absolute atomic E-state index is 0.225. The molecule has 3 nitrogen and oxygen atoms in total. The lowest BCUT2D eigenvalue weighted by atomic mass is 10.1. The number of nitrogens with one attached hydrogen (secondary N) is 1. The van der Waals surface area contributed by atoms with E-state index in [2.05, 4.69) is 12.2 Å². The van der Waals surface area contributed by atoms with Crippen LogP contribution >= 0.6 is 11.6 Å². The van der Waals surface area contributed by atoms with E-state index in [1.54, 1.807) is 6.07 Å². The maximum atomic E-state index is 11.7. The number of ether oxygens (including phenoxy) is 1. The highest BCUT2D eigenvalue weighted by Gasteiger charge is 2.18. The Morgan fingerprint density at radius 3 is 2.79 bits per heavy atom. The summed E-state index contributed by atoms with van der Waals surface area (Å²) < 4.78 is 4.84. The molecule has 0 saturated heterocycles. The Balaban J connectivity index is 2.56. The first-order valence-corrected chi connectivity index (χ1v) is 7.15. The minimum atomic E-state index is -0.305. The highest BCUT2D eigenvalue weighted by atomic mass is 35.5. The molecule has 1 N–H and O–H groups in total. The van der Waals surface area contributed by atoms with E-state index in [0.29, 0.717) is 5.02 Å². The number of halogens is 1. The summed E-state index contributed by atoms with van der Waals surface area (Å²) >= 11 is 5.93. The van der Waals surface area contributed by atoms with Crippen molar-refractivity contribution in [3.63, 3.8) is 0 Å². The summed E-state index contributed by atoms with van der Waals surface area (Å²) in [6, 6.07) is 7.06. The van der Waals surface area contributed by atoms with Crippen molar-refractivity contribution in [2.75, 3.05) is 12.4 Å². The third kappa shape index (κ3) is 5.97. The average Bonchev–Trinajstić information content (AvgIpc) is 2.41. The normalized spacial score (nSPS) is 11.9. The Morgan fingerprint density at radius 1 is 1.37 bits per heavy atom. The Kier molecular flexibility index (Phi) is 7.34. The fraction of sp³-hybridized carbons (Fsp3) is 0.533. The lowest BCUT2D eigenvalue weighted by Gasteiger charge is -2.17. The van der Waals surface area contributed by atoms with Gasteiger partial charge in [0.05, 0.1) is 7.11 Å². The number of hydrogen-bond acceptors (Lipinski definition) is 3. The quantitative estimate of drug-likeness (QED) is 0.572. The second-order valence-electron chi connectivity index (χ2n) is 4.58. The molecule has 0 fully saturated rings. The highest BCUT2D eigenvalue weighted by Crippen LogP contribution is 2.18. The molecule has 0 aliphatic rings. The van der Waals surface area contributed by atoms with Crippen LogP contribution in [0.3, 0.4) is 0 Å². The van der Waals surface area contributed by atoms with Crippen molar-refractivity contribution in [1.82, 2.24) is 0 Å². The van der Waals surface area contributed by atoms with Crippen LogP contribution in [-0.2, 0) is 9.53 Å². The van der Waals surface area contributed by atoms with Crippen molar-refractivity contribution in [2.45, 2.75) is 45.1 Å². The number of carbonyl (C=O) groups is 1. The van der Waals surface area contributed by atoms with E-state index in [9.17, 15) is 4.79 Å². The molecule has 1 atom stereocenters. The lowest BCUT2D eigenvalue weighted by molar-refractivity contribution is -0.141. The number of benzene rings is 1. The fourth-order valence-electron chi connectivity index (χ4n) is 1.95. The Hall–Kier alpha value is -1.22. The average molecular weight is 284 g/mol. The van der Waals surface area contributed by atoms with Gasteiger partial charge in [0, 0.05) is 10.7 Å². The molecule has 0 spiro atoms. The van der Waals surface area contributed by atoms with Gasteiger partial charge < -0.3 is 10.1 Å². The van der Waals surface area contributed by atoms with Crippen LogP contribution in [0.4, 0.5) is 5.69 Å². The Bertz CT molecular complexity index is 395. The summed E-state index contributed by atoms with van der Waals surface area (Å²) in [7, 11) is 1.42. The number of carbonyl (C=O) groups excluding carboxylic acids is 1. The molecule has 1 aromatic carbocycles. The maximum Gasteiger partial charge on any atom is 0.328 e. The zero-order valence-electron chi connectivity index (χ0n) is 11.6.